The third kappa shape index (κ3) is 2.32. The van der Waals surface area contributed by atoms with Crippen LogP contribution in [0.5, 0.6) is 0 Å². The lowest BCUT2D eigenvalue weighted by Gasteiger charge is -2.33. The molecule has 0 saturated heterocycles. The number of nitriles is 1. The second-order valence-corrected chi connectivity index (χ2v) is 5.66. The third-order valence-electron chi connectivity index (χ3n) is 3.64. The van der Waals surface area contributed by atoms with Crippen LogP contribution in [0.15, 0.2) is 0 Å². The van der Waals surface area contributed by atoms with E-state index < -0.39 is 0 Å². The van der Waals surface area contributed by atoms with Gasteiger partial charge in [-0.15, -0.1) is 11.3 Å². The highest BCUT2D eigenvalue weighted by molar-refractivity contribution is 7.16. The van der Waals surface area contributed by atoms with E-state index >= 15 is 0 Å². The van der Waals surface area contributed by atoms with Crippen LogP contribution in [-0.2, 0) is 11.8 Å². The van der Waals surface area contributed by atoms with Crippen LogP contribution in [0, 0.1) is 11.3 Å². The Morgan fingerprint density at radius 2 is 2.12 bits per heavy atom. The SMILES string of the molecule is CC.CCC1(C)CCCc2sc(N)c(C#N)c21. The molecule has 2 nitrogen and oxygen atoms in total. The number of nitrogens with two attached hydrogens (primary N) is 1. The Morgan fingerprint density at radius 3 is 2.65 bits per heavy atom. The van der Waals surface area contributed by atoms with Gasteiger partial charge in [0.2, 0.25) is 0 Å². The molecule has 3 heteroatoms. The molecule has 1 atom stereocenters. The molecule has 0 bridgehead atoms. The van der Waals surface area contributed by atoms with Crippen LogP contribution in [0.3, 0.4) is 0 Å². The van der Waals surface area contributed by atoms with E-state index in [4.69, 9.17) is 11.0 Å². The lowest BCUT2D eigenvalue weighted by molar-refractivity contribution is 0.384. The third-order valence-corrected chi connectivity index (χ3v) is 4.72. The van der Waals surface area contributed by atoms with Gasteiger partial charge in [0, 0.05) is 4.88 Å². The molecule has 2 rings (SSSR count). The fourth-order valence-electron chi connectivity index (χ4n) is 2.54. The quantitative estimate of drug-likeness (QED) is 0.810. The van der Waals surface area contributed by atoms with Gasteiger partial charge in [-0.1, -0.05) is 27.7 Å². The van der Waals surface area contributed by atoms with Gasteiger partial charge < -0.3 is 5.73 Å². The smallest absolute Gasteiger partial charge is 0.104 e. The summed E-state index contributed by atoms with van der Waals surface area (Å²) in [4.78, 5) is 1.35. The van der Waals surface area contributed by atoms with Gasteiger partial charge in [-0.3, -0.25) is 0 Å². The van der Waals surface area contributed by atoms with Crippen molar-refractivity contribution in [2.75, 3.05) is 5.73 Å². The standard InChI is InChI=1S/C12H16N2S.C2H6/c1-3-12(2)6-4-5-9-10(12)8(7-13)11(14)15-9;1-2/h3-6,14H2,1-2H3;1-2H3. The van der Waals surface area contributed by atoms with Gasteiger partial charge in [0.25, 0.3) is 0 Å². The molecular weight excluding hydrogens is 228 g/mol. The van der Waals surface area contributed by atoms with Gasteiger partial charge in [0.15, 0.2) is 0 Å². The Morgan fingerprint density at radius 1 is 1.47 bits per heavy atom. The molecule has 2 N–H and O–H groups in total. The molecule has 94 valence electrons. The largest absolute Gasteiger partial charge is 0.389 e. The zero-order valence-electron chi connectivity index (χ0n) is 11.3. The first-order valence-electron chi connectivity index (χ1n) is 6.44. The Hall–Kier alpha value is -1.01. The van der Waals surface area contributed by atoms with Gasteiger partial charge >= 0.3 is 0 Å². The highest BCUT2D eigenvalue weighted by atomic mass is 32.1. The van der Waals surface area contributed by atoms with E-state index in [1.807, 2.05) is 13.8 Å². The minimum Gasteiger partial charge on any atom is -0.389 e. The lowest BCUT2D eigenvalue weighted by Crippen LogP contribution is -2.26. The van der Waals surface area contributed by atoms with Gasteiger partial charge in [0.1, 0.15) is 11.1 Å². The van der Waals surface area contributed by atoms with Crippen LogP contribution < -0.4 is 5.73 Å². The average molecular weight is 250 g/mol. The summed E-state index contributed by atoms with van der Waals surface area (Å²) in [6.45, 7) is 8.46. The van der Waals surface area contributed by atoms with Crippen molar-refractivity contribution in [3.63, 3.8) is 0 Å². The summed E-state index contributed by atoms with van der Waals surface area (Å²) < 4.78 is 0. The van der Waals surface area contributed by atoms with E-state index in [1.165, 1.54) is 23.3 Å². The molecule has 1 aliphatic carbocycles. The molecule has 17 heavy (non-hydrogen) atoms. The summed E-state index contributed by atoms with van der Waals surface area (Å²) in [5.41, 5.74) is 8.08. The summed E-state index contributed by atoms with van der Waals surface area (Å²) in [6, 6.07) is 2.28. The number of rotatable bonds is 1. The monoisotopic (exact) mass is 250 g/mol. The van der Waals surface area contributed by atoms with Crippen molar-refractivity contribution >= 4 is 16.3 Å². The van der Waals surface area contributed by atoms with Crippen molar-refractivity contribution < 1.29 is 0 Å². The van der Waals surface area contributed by atoms with Crippen molar-refractivity contribution in [2.45, 2.75) is 58.8 Å². The van der Waals surface area contributed by atoms with E-state index in [0.29, 0.717) is 5.00 Å². The summed E-state index contributed by atoms with van der Waals surface area (Å²) in [6.07, 6.45) is 4.59. The Bertz CT molecular complexity index is 428. The van der Waals surface area contributed by atoms with Crippen molar-refractivity contribution in [1.82, 2.24) is 0 Å². The van der Waals surface area contributed by atoms with Crippen LogP contribution in [0.25, 0.3) is 0 Å². The topological polar surface area (TPSA) is 49.8 Å². The van der Waals surface area contributed by atoms with Crippen LogP contribution in [-0.4, -0.2) is 0 Å². The first-order valence-corrected chi connectivity index (χ1v) is 7.25. The minimum absolute atomic E-state index is 0.173. The molecule has 0 aromatic carbocycles. The molecule has 0 saturated carbocycles. The van der Waals surface area contributed by atoms with Crippen LogP contribution in [0.1, 0.15) is 63.0 Å². The molecule has 1 heterocycles. The Labute approximate surface area is 108 Å². The summed E-state index contributed by atoms with van der Waals surface area (Å²) in [5.74, 6) is 0. The number of hydrogen-bond donors (Lipinski definition) is 1. The lowest BCUT2D eigenvalue weighted by atomic mass is 9.71. The number of anilines is 1. The maximum absolute atomic E-state index is 9.17. The Balaban J connectivity index is 0.000000686. The molecule has 0 fully saturated rings. The van der Waals surface area contributed by atoms with E-state index in [0.717, 1.165) is 18.4 Å². The number of aryl methyl sites for hydroxylation is 1. The molecule has 0 radical (unpaired) electrons. The second kappa shape index (κ2) is 5.55. The second-order valence-electron chi connectivity index (χ2n) is 4.52. The van der Waals surface area contributed by atoms with Crippen molar-refractivity contribution in [1.29, 1.82) is 5.26 Å². The van der Waals surface area contributed by atoms with Crippen LogP contribution in [0.2, 0.25) is 0 Å². The summed E-state index contributed by atoms with van der Waals surface area (Å²) >= 11 is 1.61. The Kier molecular flexibility index (Phi) is 4.59. The minimum atomic E-state index is 0.173. The fraction of sp³-hybridized carbons (Fsp3) is 0.643. The summed E-state index contributed by atoms with van der Waals surface area (Å²) in [7, 11) is 0. The average Bonchev–Trinajstić information content (AvgIpc) is 2.69. The maximum atomic E-state index is 9.17. The molecule has 0 spiro atoms. The number of nitrogens with zero attached hydrogens (tertiary/aromatic N) is 1. The number of thiophene rings is 1. The van der Waals surface area contributed by atoms with E-state index in [2.05, 4.69) is 19.9 Å². The zero-order valence-corrected chi connectivity index (χ0v) is 12.1. The predicted molar refractivity (Wildman–Crippen MR) is 75.4 cm³/mol. The normalized spacial score (nSPS) is 22.1. The van der Waals surface area contributed by atoms with Gasteiger partial charge in [-0.05, 0) is 36.7 Å². The van der Waals surface area contributed by atoms with Gasteiger partial charge in [-0.25, -0.2) is 0 Å². The van der Waals surface area contributed by atoms with Crippen LogP contribution in [0.4, 0.5) is 5.00 Å². The van der Waals surface area contributed by atoms with E-state index in [-0.39, 0.29) is 5.41 Å². The molecule has 1 aliphatic rings. The van der Waals surface area contributed by atoms with Crippen molar-refractivity contribution in [2.24, 2.45) is 0 Å². The van der Waals surface area contributed by atoms with Gasteiger partial charge in [-0.2, -0.15) is 5.26 Å². The number of hydrogen-bond acceptors (Lipinski definition) is 3. The first-order chi connectivity index (χ1) is 8.12. The molecular formula is C14H22N2S. The molecule has 1 aromatic rings. The fourth-order valence-corrected chi connectivity index (χ4v) is 3.75. The maximum Gasteiger partial charge on any atom is 0.104 e. The summed E-state index contributed by atoms with van der Waals surface area (Å²) in [5, 5.41) is 9.88. The van der Waals surface area contributed by atoms with Crippen molar-refractivity contribution in [3.05, 3.63) is 16.0 Å². The van der Waals surface area contributed by atoms with Crippen molar-refractivity contribution in [3.8, 4) is 6.07 Å². The molecule has 1 aromatic heterocycles. The zero-order chi connectivity index (χ0) is 13.1. The molecule has 0 aliphatic heterocycles. The van der Waals surface area contributed by atoms with E-state index in [1.54, 1.807) is 11.3 Å². The van der Waals surface area contributed by atoms with Crippen LogP contribution >= 0.6 is 11.3 Å². The van der Waals surface area contributed by atoms with E-state index in [9.17, 15) is 0 Å². The predicted octanol–water partition coefficient (Wildman–Crippen LogP) is 4.23. The highest BCUT2D eigenvalue weighted by Gasteiger charge is 2.35. The molecule has 0 amide bonds. The van der Waals surface area contributed by atoms with Gasteiger partial charge in [0.05, 0.1) is 5.56 Å². The number of fused-ring (bicyclic) bond motifs is 1. The highest BCUT2D eigenvalue weighted by Crippen LogP contribution is 2.46. The number of nitrogen functional groups attached to an aromatic ring is 1. The first kappa shape index (κ1) is 14.1. The molecule has 1 unspecified atom stereocenters.